The average Bonchev–Trinajstić information content (AvgIpc) is 2.49. The highest BCUT2D eigenvalue weighted by Gasteiger charge is 2.23. The molecular weight excluding hydrogens is 358 g/mol. The molecule has 0 aliphatic rings. The number of amides is 2. The lowest BCUT2D eigenvalue weighted by Gasteiger charge is -2.24. The van der Waals surface area contributed by atoms with Gasteiger partial charge in [-0.15, -0.1) is 0 Å². The number of alkyl carbamates (subject to hydrolysis) is 1. The molecule has 1 atom stereocenters. The molecule has 7 heteroatoms. The summed E-state index contributed by atoms with van der Waals surface area (Å²) in [5, 5.41) is 2.70. The third-order valence-electron chi connectivity index (χ3n) is 3.50. The number of rotatable bonds is 5. The topological polar surface area (TPSA) is 103 Å². The van der Waals surface area contributed by atoms with Crippen molar-refractivity contribution in [3.8, 4) is 0 Å². The Kier molecular flexibility index (Phi) is 8.02. The summed E-state index contributed by atoms with van der Waals surface area (Å²) in [4.78, 5) is 28.0. The molecule has 0 aliphatic carbocycles. The molecule has 1 aromatic carbocycles. The minimum Gasteiger partial charge on any atom is -0.444 e. The van der Waals surface area contributed by atoms with Crippen LogP contribution in [-0.4, -0.2) is 35.3 Å². The number of nitrogens with one attached hydrogen (secondary N) is 1. The summed E-state index contributed by atoms with van der Waals surface area (Å²) in [6, 6.07) is 7.40. The van der Waals surface area contributed by atoms with Crippen LogP contribution in [0.5, 0.6) is 0 Å². The number of hydrogen-bond donors (Lipinski definition) is 2. The van der Waals surface area contributed by atoms with Crippen LogP contribution in [0.15, 0.2) is 29.3 Å². The average molecular weight is 392 g/mol. The standard InChI is InChI=1S/C21H33N3O4/c1-14-8-10-15(11-9-14)12-13-16(23-18(25)27-20(2,3)4)17(22)24-19(26)28-21(5,6)7/h8-11,16H,12-13H2,1-7H3,(H,23,25)(H2,22,24,26)/t16-/m1/s1. The van der Waals surface area contributed by atoms with Gasteiger partial charge in [0.2, 0.25) is 0 Å². The van der Waals surface area contributed by atoms with Gasteiger partial charge in [0.25, 0.3) is 0 Å². The van der Waals surface area contributed by atoms with Crippen LogP contribution in [0.1, 0.15) is 59.1 Å². The second-order valence-corrected chi connectivity index (χ2v) is 8.74. The van der Waals surface area contributed by atoms with Gasteiger partial charge < -0.3 is 20.5 Å². The second-order valence-electron chi connectivity index (χ2n) is 8.74. The predicted octanol–water partition coefficient (Wildman–Crippen LogP) is 4.11. The van der Waals surface area contributed by atoms with Gasteiger partial charge in [-0.05, 0) is 66.9 Å². The molecule has 3 N–H and O–H groups in total. The summed E-state index contributed by atoms with van der Waals surface area (Å²) >= 11 is 0. The third kappa shape index (κ3) is 9.94. The molecule has 7 nitrogen and oxygen atoms in total. The Morgan fingerprint density at radius 2 is 1.57 bits per heavy atom. The van der Waals surface area contributed by atoms with Crippen molar-refractivity contribution in [2.24, 2.45) is 10.7 Å². The highest BCUT2D eigenvalue weighted by molar-refractivity contribution is 5.95. The Balaban J connectivity index is 2.90. The summed E-state index contributed by atoms with van der Waals surface area (Å²) in [6.45, 7) is 12.5. The normalized spacial score (nSPS) is 13.6. The Bertz CT molecular complexity index is 698. The largest absolute Gasteiger partial charge is 0.444 e. The van der Waals surface area contributed by atoms with E-state index >= 15 is 0 Å². The van der Waals surface area contributed by atoms with E-state index in [1.165, 1.54) is 0 Å². The molecule has 0 saturated heterocycles. The van der Waals surface area contributed by atoms with Gasteiger partial charge in [-0.1, -0.05) is 29.8 Å². The van der Waals surface area contributed by atoms with Crippen LogP contribution in [0, 0.1) is 6.92 Å². The van der Waals surface area contributed by atoms with Crippen LogP contribution in [0.3, 0.4) is 0 Å². The van der Waals surface area contributed by atoms with Gasteiger partial charge in [0.15, 0.2) is 0 Å². The molecule has 0 aliphatic heterocycles. The fraction of sp³-hybridized carbons (Fsp3) is 0.571. The number of aryl methyl sites for hydroxylation is 2. The predicted molar refractivity (Wildman–Crippen MR) is 111 cm³/mol. The SMILES string of the molecule is Cc1ccc(CC[C@@H](NC(=O)OC(C)(C)C)/C(N)=N/C(=O)OC(C)(C)C)cc1. The van der Waals surface area contributed by atoms with Crippen LogP contribution >= 0.6 is 0 Å². The maximum absolute atomic E-state index is 12.2. The number of carbonyl (C=O) groups is 2. The summed E-state index contributed by atoms with van der Waals surface area (Å²) in [5.74, 6) is -0.0211. The number of hydrogen-bond acceptors (Lipinski definition) is 4. The summed E-state index contributed by atoms with van der Waals surface area (Å²) in [6.07, 6.45) is -0.314. The maximum atomic E-state index is 12.2. The van der Waals surface area contributed by atoms with Crippen molar-refractivity contribution in [1.29, 1.82) is 0 Å². The number of benzene rings is 1. The van der Waals surface area contributed by atoms with E-state index in [1.807, 2.05) is 31.2 Å². The molecule has 0 aromatic heterocycles. The molecular formula is C21H33N3O4. The number of aliphatic imine (C=N–C) groups is 1. The lowest BCUT2D eigenvalue weighted by molar-refractivity contribution is 0.0510. The van der Waals surface area contributed by atoms with Crippen LogP contribution in [0.4, 0.5) is 9.59 Å². The molecule has 0 bridgehead atoms. The Labute approximate surface area is 167 Å². The fourth-order valence-electron chi connectivity index (χ4n) is 2.28. The van der Waals surface area contributed by atoms with Gasteiger partial charge in [0, 0.05) is 0 Å². The monoisotopic (exact) mass is 391 g/mol. The zero-order valence-electron chi connectivity index (χ0n) is 18.0. The van der Waals surface area contributed by atoms with Gasteiger partial charge in [-0.2, -0.15) is 4.99 Å². The first-order chi connectivity index (χ1) is 12.7. The van der Waals surface area contributed by atoms with Crippen LogP contribution in [-0.2, 0) is 15.9 Å². The summed E-state index contributed by atoms with van der Waals surface area (Å²) < 4.78 is 10.5. The molecule has 2 amide bonds. The zero-order chi connectivity index (χ0) is 21.5. The molecule has 0 radical (unpaired) electrons. The smallest absolute Gasteiger partial charge is 0.435 e. The quantitative estimate of drug-likeness (QED) is 0.581. The lowest BCUT2D eigenvalue weighted by atomic mass is 10.0. The van der Waals surface area contributed by atoms with E-state index in [0.29, 0.717) is 12.8 Å². The summed E-state index contributed by atoms with van der Waals surface area (Å²) in [5.41, 5.74) is 6.94. The van der Waals surface area contributed by atoms with Crippen molar-refractivity contribution in [2.45, 2.75) is 78.6 Å². The maximum Gasteiger partial charge on any atom is 0.435 e. The van der Waals surface area contributed by atoms with Gasteiger partial charge in [-0.25, -0.2) is 9.59 Å². The molecule has 0 spiro atoms. The van der Waals surface area contributed by atoms with E-state index in [0.717, 1.165) is 11.1 Å². The lowest BCUT2D eigenvalue weighted by Crippen LogP contribution is -2.47. The van der Waals surface area contributed by atoms with Crippen molar-refractivity contribution < 1.29 is 19.1 Å². The first-order valence-corrected chi connectivity index (χ1v) is 9.37. The first-order valence-electron chi connectivity index (χ1n) is 9.37. The third-order valence-corrected chi connectivity index (χ3v) is 3.50. The number of carbonyl (C=O) groups excluding carboxylic acids is 2. The molecule has 156 valence electrons. The number of nitrogens with two attached hydrogens (primary N) is 1. The van der Waals surface area contributed by atoms with E-state index in [-0.39, 0.29) is 5.84 Å². The van der Waals surface area contributed by atoms with Gasteiger partial charge >= 0.3 is 12.2 Å². The fourth-order valence-corrected chi connectivity index (χ4v) is 2.28. The van der Waals surface area contributed by atoms with E-state index in [1.54, 1.807) is 41.5 Å². The highest BCUT2D eigenvalue weighted by Crippen LogP contribution is 2.12. The molecule has 0 saturated carbocycles. The van der Waals surface area contributed by atoms with Crippen molar-refractivity contribution in [3.63, 3.8) is 0 Å². The molecule has 28 heavy (non-hydrogen) atoms. The van der Waals surface area contributed by atoms with Crippen LogP contribution < -0.4 is 11.1 Å². The Morgan fingerprint density at radius 3 is 2.07 bits per heavy atom. The van der Waals surface area contributed by atoms with Gasteiger partial charge in [0.1, 0.15) is 17.0 Å². The molecule has 1 aromatic rings. The highest BCUT2D eigenvalue weighted by atomic mass is 16.6. The second kappa shape index (κ2) is 9.57. The summed E-state index contributed by atoms with van der Waals surface area (Å²) in [7, 11) is 0. The van der Waals surface area contributed by atoms with Crippen LogP contribution in [0.2, 0.25) is 0 Å². The van der Waals surface area contributed by atoms with E-state index < -0.39 is 29.4 Å². The van der Waals surface area contributed by atoms with Crippen molar-refractivity contribution >= 4 is 18.0 Å². The molecule has 0 heterocycles. The Hall–Kier alpha value is -2.57. The van der Waals surface area contributed by atoms with Crippen molar-refractivity contribution in [1.82, 2.24) is 5.32 Å². The van der Waals surface area contributed by atoms with E-state index in [2.05, 4.69) is 10.3 Å². The van der Waals surface area contributed by atoms with Crippen molar-refractivity contribution in [3.05, 3.63) is 35.4 Å². The number of ether oxygens (including phenoxy) is 2. The molecule has 1 rings (SSSR count). The first kappa shape index (κ1) is 23.5. The van der Waals surface area contributed by atoms with Gasteiger partial charge in [0.05, 0.1) is 6.04 Å². The number of nitrogens with zero attached hydrogens (tertiary/aromatic N) is 1. The van der Waals surface area contributed by atoms with E-state index in [9.17, 15) is 9.59 Å². The minimum atomic E-state index is -0.795. The number of amidine groups is 1. The Morgan fingerprint density at radius 1 is 1.04 bits per heavy atom. The zero-order valence-corrected chi connectivity index (χ0v) is 18.0. The van der Waals surface area contributed by atoms with Crippen LogP contribution in [0.25, 0.3) is 0 Å². The molecule has 0 unspecified atom stereocenters. The van der Waals surface area contributed by atoms with Gasteiger partial charge in [-0.3, -0.25) is 0 Å². The van der Waals surface area contributed by atoms with Crippen molar-refractivity contribution in [2.75, 3.05) is 0 Å². The molecule has 0 fully saturated rings. The minimum absolute atomic E-state index is 0.0211. The van der Waals surface area contributed by atoms with E-state index in [4.69, 9.17) is 15.2 Å².